The number of thiazole rings is 1. The summed E-state index contributed by atoms with van der Waals surface area (Å²) in [6, 6.07) is 6.77. The van der Waals surface area contributed by atoms with Crippen LogP contribution in [0.4, 0.5) is 5.13 Å². The Morgan fingerprint density at radius 2 is 2.24 bits per heavy atom. The Morgan fingerprint density at radius 1 is 1.41 bits per heavy atom. The highest BCUT2D eigenvalue weighted by atomic mass is 79.9. The summed E-state index contributed by atoms with van der Waals surface area (Å²) in [6.45, 7) is 4.27. The number of anilines is 1. The molecule has 2 nitrogen and oxygen atoms in total. The van der Waals surface area contributed by atoms with Gasteiger partial charge in [-0.05, 0) is 25.5 Å². The van der Waals surface area contributed by atoms with E-state index in [0.717, 1.165) is 17.2 Å². The van der Waals surface area contributed by atoms with Crippen LogP contribution in [0, 0.1) is 0 Å². The van der Waals surface area contributed by atoms with Crippen molar-refractivity contribution >= 4 is 32.4 Å². The normalized spacial score (nSPS) is 12.7. The average Bonchev–Trinajstić information content (AvgIpc) is 2.75. The molecule has 88 valence electrons. The lowest BCUT2D eigenvalue weighted by Gasteiger charge is -2.06. The highest BCUT2D eigenvalue weighted by Gasteiger charge is 2.24. The van der Waals surface area contributed by atoms with Crippen molar-refractivity contribution in [1.29, 1.82) is 0 Å². The van der Waals surface area contributed by atoms with E-state index >= 15 is 0 Å². The van der Waals surface area contributed by atoms with Gasteiger partial charge >= 0.3 is 0 Å². The maximum Gasteiger partial charge on any atom is 0.183 e. The number of nitrogens with zero attached hydrogens (tertiary/aromatic N) is 1. The lowest BCUT2D eigenvalue weighted by molar-refractivity contribution is 0.897. The highest BCUT2D eigenvalue weighted by molar-refractivity contribution is 9.10. The summed E-state index contributed by atoms with van der Waals surface area (Å²) in [4.78, 5) is 6.07. The van der Waals surface area contributed by atoms with Gasteiger partial charge in [-0.2, -0.15) is 0 Å². The van der Waals surface area contributed by atoms with Crippen LogP contribution < -0.4 is 5.32 Å². The van der Waals surface area contributed by atoms with Crippen molar-refractivity contribution in [2.24, 2.45) is 0 Å². The van der Waals surface area contributed by atoms with Gasteiger partial charge in [-0.3, -0.25) is 0 Å². The summed E-state index contributed by atoms with van der Waals surface area (Å²) < 4.78 is 1.19. The summed E-state index contributed by atoms with van der Waals surface area (Å²) in [5.41, 5.74) is 3.81. The Kier molecular flexibility index (Phi) is 2.71. The van der Waals surface area contributed by atoms with Gasteiger partial charge in [0.25, 0.3) is 0 Å². The summed E-state index contributed by atoms with van der Waals surface area (Å²) in [6.07, 6.45) is 1.00. The van der Waals surface area contributed by atoms with E-state index in [0.29, 0.717) is 6.04 Å². The van der Waals surface area contributed by atoms with E-state index in [1.807, 2.05) is 0 Å². The Morgan fingerprint density at radius 3 is 3.00 bits per heavy atom. The van der Waals surface area contributed by atoms with Crippen LogP contribution in [0.1, 0.15) is 24.3 Å². The number of hydrogen-bond donors (Lipinski definition) is 1. The monoisotopic (exact) mass is 308 g/mol. The molecule has 1 aliphatic carbocycles. The van der Waals surface area contributed by atoms with Crippen LogP contribution in [0.3, 0.4) is 0 Å². The second kappa shape index (κ2) is 4.10. The van der Waals surface area contributed by atoms with Crippen molar-refractivity contribution in [3.63, 3.8) is 0 Å². The summed E-state index contributed by atoms with van der Waals surface area (Å²) in [5.74, 6) is 0. The molecule has 1 aromatic carbocycles. The Labute approximate surface area is 113 Å². The Balaban J connectivity index is 2.04. The lowest BCUT2D eigenvalue weighted by Crippen LogP contribution is -2.09. The van der Waals surface area contributed by atoms with Crippen molar-refractivity contribution in [3.05, 3.63) is 33.1 Å². The molecule has 1 N–H and O–H groups in total. The first-order valence-corrected chi connectivity index (χ1v) is 7.30. The molecule has 1 aliphatic rings. The summed E-state index contributed by atoms with van der Waals surface area (Å²) in [7, 11) is 0. The lowest BCUT2D eigenvalue weighted by atomic mass is 10.1. The number of fused-ring (bicyclic) bond motifs is 3. The third-order valence-corrected chi connectivity index (χ3v) is 4.55. The molecule has 0 amide bonds. The van der Waals surface area contributed by atoms with E-state index in [2.05, 4.69) is 53.3 Å². The van der Waals surface area contributed by atoms with Crippen LogP contribution in [0.25, 0.3) is 11.3 Å². The van der Waals surface area contributed by atoms with Gasteiger partial charge in [-0.1, -0.05) is 28.1 Å². The number of rotatable bonds is 2. The van der Waals surface area contributed by atoms with Crippen molar-refractivity contribution < 1.29 is 0 Å². The number of hydrogen-bond acceptors (Lipinski definition) is 3. The first-order valence-electron chi connectivity index (χ1n) is 5.69. The minimum Gasteiger partial charge on any atom is -0.359 e. The fourth-order valence-corrected chi connectivity index (χ4v) is 3.75. The van der Waals surface area contributed by atoms with E-state index in [1.54, 1.807) is 11.3 Å². The molecule has 4 heteroatoms. The summed E-state index contributed by atoms with van der Waals surface area (Å²) >= 11 is 5.38. The van der Waals surface area contributed by atoms with E-state index in [-0.39, 0.29) is 0 Å². The van der Waals surface area contributed by atoms with E-state index < -0.39 is 0 Å². The second-order valence-electron chi connectivity index (χ2n) is 4.53. The van der Waals surface area contributed by atoms with Crippen LogP contribution in [0.5, 0.6) is 0 Å². The fraction of sp³-hybridized carbons (Fsp3) is 0.308. The smallest absolute Gasteiger partial charge is 0.183 e. The Hall–Kier alpha value is -0.870. The zero-order valence-electron chi connectivity index (χ0n) is 9.75. The SMILES string of the molecule is CC(C)Nc1nc2c(s1)Cc1c(Br)cccc1-2. The quantitative estimate of drug-likeness (QED) is 0.763. The third-order valence-electron chi connectivity index (χ3n) is 2.82. The van der Waals surface area contributed by atoms with Gasteiger partial charge in [0, 0.05) is 27.4 Å². The van der Waals surface area contributed by atoms with Gasteiger partial charge in [0.05, 0.1) is 5.69 Å². The molecule has 0 atom stereocenters. The number of benzene rings is 1. The highest BCUT2D eigenvalue weighted by Crippen LogP contribution is 2.43. The number of aromatic nitrogens is 1. The topological polar surface area (TPSA) is 24.9 Å². The van der Waals surface area contributed by atoms with Gasteiger partial charge in [0.2, 0.25) is 0 Å². The standard InChI is InChI=1S/C13H13BrN2S/c1-7(2)15-13-16-12-8-4-3-5-10(14)9(8)6-11(12)17-13/h3-5,7H,6H2,1-2H3,(H,15,16). The molecular formula is C13H13BrN2S. The fourth-order valence-electron chi connectivity index (χ4n) is 2.11. The molecule has 3 rings (SSSR count). The molecule has 1 aromatic heterocycles. The van der Waals surface area contributed by atoms with Crippen LogP contribution >= 0.6 is 27.3 Å². The van der Waals surface area contributed by atoms with E-state index in [4.69, 9.17) is 4.98 Å². The van der Waals surface area contributed by atoms with Gasteiger partial charge in [0.1, 0.15) is 0 Å². The van der Waals surface area contributed by atoms with Gasteiger partial charge in [-0.25, -0.2) is 4.98 Å². The van der Waals surface area contributed by atoms with Crippen LogP contribution in [-0.4, -0.2) is 11.0 Å². The maximum atomic E-state index is 4.70. The molecule has 0 saturated heterocycles. The van der Waals surface area contributed by atoms with Crippen molar-refractivity contribution in [2.75, 3.05) is 5.32 Å². The van der Waals surface area contributed by atoms with Gasteiger partial charge in [0.15, 0.2) is 5.13 Å². The average molecular weight is 309 g/mol. The molecule has 2 aromatic rings. The summed E-state index contributed by atoms with van der Waals surface area (Å²) in [5, 5.41) is 4.41. The molecule has 0 spiro atoms. The first-order chi connectivity index (χ1) is 8.15. The zero-order valence-corrected chi connectivity index (χ0v) is 12.2. The van der Waals surface area contributed by atoms with E-state index in [9.17, 15) is 0 Å². The molecule has 0 radical (unpaired) electrons. The molecule has 0 fully saturated rings. The molecule has 0 saturated carbocycles. The predicted octanol–water partition coefficient (Wildman–Crippen LogP) is 4.30. The first kappa shape index (κ1) is 11.2. The van der Waals surface area contributed by atoms with Crippen molar-refractivity contribution in [2.45, 2.75) is 26.3 Å². The minimum atomic E-state index is 0.434. The van der Waals surface area contributed by atoms with Crippen LogP contribution in [0.15, 0.2) is 22.7 Å². The van der Waals surface area contributed by atoms with E-state index in [1.165, 1.54) is 20.5 Å². The molecule has 0 aliphatic heterocycles. The van der Waals surface area contributed by atoms with Crippen LogP contribution in [-0.2, 0) is 6.42 Å². The second-order valence-corrected chi connectivity index (χ2v) is 6.47. The molecule has 1 heterocycles. The minimum absolute atomic E-state index is 0.434. The van der Waals surface area contributed by atoms with Crippen LogP contribution in [0.2, 0.25) is 0 Å². The van der Waals surface area contributed by atoms with Gasteiger partial charge in [-0.15, -0.1) is 11.3 Å². The molecule has 0 unspecified atom stereocenters. The predicted molar refractivity (Wildman–Crippen MR) is 76.8 cm³/mol. The largest absolute Gasteiger partial charge is 0.359 e. The number of halogens is 1. The van der Waals surface area contributed by atoms with Crippen molar-refractivity contribution in [3.8, 4) is 11.3 Å². The number of nitrogens with one attached hydrogen (secondary N) is 1. The van der Waals surface area contributed by atoms with Crippen molar-refractivity contribution in [1.82, 2.24) is 4.98 Å². The third kappa shape index (κ3) is 1.89. The molecular weight excluding hydrogens is 296 g/mol. The molecule has 17 heavy (non-hydrogen) atoms. The Bertz CT molecular complexity index is 575. The maximum absolute atomic E-state index is 4.70. The molecule has 0 bridgehead atoms. The van der Waals surface area contributed by atoms with Gasteiger partial charge < -0.3 is 5.32 Å². The zero-order chi connectivity index (χ0) is 12.0.